The van der Waals surface area contributed by atoms with Gasteiger partial charge in [0.05, 0.1) is 5.69 Å². The van der Waals surface area contributed by atoms with Crippen molar-refractivity contribution in [1.82, 2.24) is 0 Å². The summed E-state index contributed by atoms with van der Waals surface area (Å²) >= 11 is 1.58. The topological polar surface area (TPSA) is 38.4 Å². The van der Waals surface area contributed by atoms with Crippen LogP contribution in [0.3, 0.4) is 0 Å². The lowest BCUT2D eigenvalue weighted by molar-refractivity contribution is 0.590. The summed E-state index contributed by atoms with van der Waals surface area (Å²) in [6.45, 7) is 11.1. The maximum absolute atomic E-state index is 6.09. The van der Waals surface area contributed by atoms with Crippen LogP contribution >= 0.6 is 11.8 Å². The van der Waals surface area contributed by atoms with Crippen LogP contribution in [-0.2, 0) is 11.2 Å². The van der Waals surface area contributed by atoms with Crippen LogP contribution in [0.4, 0.5) is 5.69 Å². The Morgan fingerprint density at radius 3 is 2.16 bits per heavy atom. The molecule has 0 saturated carbocycles. The Labute approximate surface area is 156 Å². The van der Waals surface area contributed by atoms with Crippen molar-refractivity contribution < 1.29 is 0 Å². The third-order valence-corrected chi connectivity index (χ3v) is 5.39. The van der Waals surface area contributed by atoms with Crippen molar-refractivity contribution in [3.8, 4) is 0 Å². The number of hydrogen-bond acceptors (Lipinski definition) is 2. The van der Waals surface area contributed by atoms with E-state index in [9.17, 15) is 0 Å². The van der Waals surface area contributed by atoms with Gasteiger partial charge in [0.15, 0.2) is 5.17 Å². The Bertz CT molecular complexity index is 694. The van der Waals surface area contributed by atoms with Gasteiger partial charge < -0.3 is 5.73 Å². The van der Waals surface area contributed by atoms with Crippen LogP contribution in [0.15, 0.2) is 53.5 Å². The molecule has 0 aliphatic rings. The first-order chi connectivity index (χ1) is 11.8. The summed E-state index contributed by atoms with van der Waals surface area (Å²) in [5.74, 6) is 1.42. The van der Waals surface area contributed by atoms with Crippen molar-refractivity contribution in [3.05, 3.63) is 65.2 Å². The predicted octanol–water partition coefficient (Wildman–Crippen LogP) is 6.38. The van der Waals surface area contributed by atoms with Crippen molar-refractivity contribution in [2.24, 2.45) is 10.7 Å². The lowest BCUT2D eigenvalue weighted by Crippen LogP contribution is -2.10. The smallest absolute Gasteiger partial charge is 0.159 e. The van der Waals surface area contributed by atoms with Gasteiger partial charge in [0, 0.05) is 5.75 Å². The summed E-state index contributed by atoms with van der Waals surface area (Å²) < 4.78 is 0. The van der Waals surface area contributed by atoms with Gasteiger partial charge >= 0.3 is 0 Å². The number of hydrogen-bond donors (Lipinski definition) is 1. The number of nitrogens with two attached hydrogens (primary N) is 1. The first-order valence-electron chi connectivity index (χ1n) is 8.96. The molecule has 0 aliphatic heterocycles. The molecule has 2 aromatic carbocycles. The lowest BCUT2D eigenvalue weighted by Gasteiger charge is -2.19. The molecule has 2 N–H and O–H groups in total. The first kappa shape index (κ1) is 19.6. The van der Waals surface area contributed by atoms with E-state index in [4.69, 9.17) is 5.73 Å². The molecular weight excluding hydrogens is 324 g/mol. The van der Waals surface area contributed by atoms with Gasteiger partial charge in [-0.15, -0.1) is 0 Å². The minimum atomic E-state index is 0.188. The number of amidine groups is 1. The Hall–Kier alpha value is -1.74. The number of thioether (sulfide) groups is 1. The van der Waals surface area contributed by atoms with Crippen molar-refractivity contribution in [3.63, 3.8) is 0 Å². The zero-order chi connectivity index (χ0) is 18.4. The standard InChI is InChI=1S/C22H30N2S/c1-6-16(2)18-9-13-20(14-10-18)24-21(23)25-15-17-7-11-19(12-8-17)22(3,4)5/h7-14,16H,6,15H2,1-5H3,(H2,23,24)/t16-/m1/s1. The molecule has 2 nitrogen and oxygen atoms in total. The van der Waals surface area contributed by atoms with E-state index in [0.29, 0.717) is 11.1 Å². The number of rotatable bonds is 5. The van der Waals surface area contributed by atoms with E-state index in [1.807, 2.05) is 12.1 Å². The van der Waals surface area contributed by atoms with Crippen molar-refractivity contribution >= 4 is 22.6 Å². The average molecular weight is 355 g/mol. The van der Waals surface area contributed by atoms with Gasteiger partial charge in [-0.3, -0.25) is 0 Å². The van der Waals surface area contributed by atoms with Crippen LogP contribution in [0.1, 0.15) is 63.6 Å². The Balaban J connectivity index is 1.95. The fourth-order valence-corrected chi connectivity index (χ4v) is 3.21. The molecule has 0 unspecified atom stereocenters. The van der Waals surface area contributed by atoms with Crippen molar-refractivity contribution in [2.45, 2.75) is 58.1 Å². The van der Waals surface area contributed by atoms with Gasteiger partial charge in [-0.25, -0.2) is 4.99 Å². The molecule has 2 rings (SSSR count). The minimum Gasteiger partial charge on any atom is -0.378 e. The lowest BCUT2D eigenvalue weighted by atomic mass is 9.87. The van der Waals surface area contributed by atoms with Crippen LogP contribution in [0.2, 0.25) is 0 Å². The zero-order valence-corrected chi connectivity index (χ0v) is 16.9. The van der Waals surface area contributed by atoms with Crippen LogP contribution < -0.4 is 5.73 Å². The Morgan fingerprint density at radius 2 is 1.64 bits per heavy atom. The van der Waals surface area contributed by atoms with Crippen LogP contribution in [-0.4, -0.2) is 5.17 Å². The molecule has 0 fully saturated rings. The minimum absolute atomic E-state index is 0.188. The zero-order valence-electron chi connectivity index (χ0n) is 16.0. The maximum Gasteiger partial charge on any atom is 0.159 e. The SMILES string of the molecule is CC[C@@H](C)c1ccc(N=C(N)SCc2ccc(C(C)(C)C)cc2)cc1. The molecule has 0 bridgehead atoms. The summed E-state index contributed by atoms with van der Waals surface area (Å²) in [6, 6.07) is 17.2. The highest BCUT2D eigenvalue weighted by Gasteiger charge is 2.12. The second kappa shape index (κ2) is 8.57. The summed E-state index contributed by atoms with van der Waals surface area (Å²) in [4.78, 5) is 4.51. The number of nitrogens with zero attached hydrogens (tertiary/aromatic N) is 1. The summed E-state index contributed by atoms with van der Waals surface area (Å²) in [6.07, 6.45) is 1.15. The van der Waals surface area contributed by atoms with Gasteiger partial charge in [0.25, 0.3) is 0 Å². The highest BCUT2D eigenvalue weighted by molar-refractivity contribution is 8.13. The molecule has 2 aromatic rings. The molecule has 1 atom stereocenters. The van der Waals surface area contributed by atoms with E-state index in [0.717, 1.165) is 17.9 Å². The van der Waals surface area contributed by atoms with Gasteiger partial charge in [-0.2, -0.15) is 0 Å². The molecule has 3 heteroatoms. The quantitative estimate of drug-likeness (QED) is 0.500. The van der Waals surface area contributed by atoms with E-state index in [-0.39, 0.29) is 5.41 Å². The van der Waals surface area contributed by atoms with Gasteiger partial charge in [0.1, 0.15) is 0 Å². The van der Waals surface area contributed by atoms with Crippen LogP contribution in [0, 0.1) is 0 Å². The van der Waals surface area contributed by atoms with E-state index in [1.54, 1.807) is 11.8 Å². The molecule has 0 saturated heterocycles. The van der Waals surface area contributed by atoms with E-state index in [1.165, 1.54) is 16.7 Å². The Kier molecular flexibility index (Phi) is 6.71. The number of aliphatic imine (C=N–C) groups is 1. The first-order valence-corrected chi connectivity index (χ1v) is 9.94. The average Bonchev–Trinajstić information content (AvgIpc) is 2.59. The van der Waals surface area contributed by atoms with E-state index < -0.39 is 0 Å². The van der Waals surface area contributed by atoms with E-state index >= 15 is 0 Å². The fraction of sp³-hybridized carbons (Fsp3) is 0.409. The van der Waals surface area contributed by atoms with Crippen molar-refractivity contribution in [2.75, 3.05) is 0 Å². The molecule has 0 aromatic heterocycles. The monoisotopic (exact) mass is 354 g/mol. The van der Waals surface area contributed by atoms with Gasteiger partial charge in [-0.05, 0) is 46.6 Å². The third kappa shape index (κ3) is 5.93. The van der Waals surface area contributed by atoms with Gasteiger partial charge in [0.2, 0.25) is 0 Å². The second-order valence-corrected chi connectivity index (χ2v) is 8.58. The summed E-state index contributed by atoms with van der Waals surface area (Å²) in [7, 11) is 0. The second-order valence-electron chi connectivity index (χ2n) is 7.59. The molecule has 0 aliphatic carbocycles. The van der Waals surface area contributed by atoms with Crippen molar-refractivity contribution in [1.29, 1.82) is 0 Å². The molecule has 0 radical (unpaired) electrons. The molecule has 134 valence electrons. The fourth-order valence-electron chi connectivity index (χ4n) is 2.53. The predicted molar refractivity (Wildman–Crippen MR) is 113 cm³/mol. The van der Waals surface area contributed by atoms with Crippen LogP contribution in [0.25, 0.3) is 0 Å². The highest BCUT2D eigenvalue weighted by Crippen LogP contribution is 2.25. The molecule has 0 spiro atoms. The van der Waals surface area contributed by atoms with E-state index in [2.05, 4.69) is 76.0 Å². The number of benzene rings is 2. The Morgan fingerprint density at radius 1 is 1.04 bits per heavy atom. The van der Waals surface area contributed by atoms with Gasteiger partial charge in [-0.1, -0.05) is 82.8 Å². The summed E-state index contributed by atoms with van der Waals surface area (Å²) in [5, 5.41) is 0.608. The highest BCUT2D eigenvalue weighted by atomic mass is 32.2. The summed E-state index contributed by atoms with van der Waals surface area (Å²) in [5.41, 5.74) is 11.2. The largest absolute Gasteiger partial charge is 0.378 e. The molecule has 0 heterocycles. The molecule has 25 heavy (non-hydrogen) atoms. The molecule has 0 amide bonds. The third-order valence-electron chi connectivity index (χ3n) is 4.52. The maximum atomic E-state index is 6.09. The molecular formula is C22H30N2S. The van der Waals surface area contributed by atoms with Crippen LogP contribution in [0.5, 0.6) is 0 Å². The normalized spacial score (nSPS) is 13.7.